The number of carbonyl (C=O) groups excluding carboxylic acids is 1. The van der Waals surface area contributed by atoms with Crippen LogP contribution in [0.15, 0.2) is 54.6 Å². The van der Waals surface area contributed by atoms with Crippen LogP contribution in [-0.4, -0.2) is 51.8 Å². The minimum atomic E-state index is -0.398. The largest absolute Gasteiger partial charge is 0.366 e. The molecule has 0 saturated carbocycles. The molecule has 0 spiro atoms. The molecule has 3 heterocycles. The molecule has 2 aromatic heterocycles. The van der Waals surface area contributed by atoms with Crippen LogP contribution in [0.3, 0.4) is 0 Å². The highest BCUT2D eigenvalue weighted by molar-refractivity contribution is 5.94. The van der Waals surface area contributed by atoms with Crippen LogP contribution in [0.5, 0.6) is 0 Å². The Morgan fingerprint density at radius 2 is 1.62 bits per heavy atom. The van der Waals surface area contributed by atoms with Crippen molar-refractivity contribution in [2.75, 3.05) is 36.0 Å². The van der Waals surface area contributed by atoms with E-state index in [0.717, 1.165) is 0 Å². The summed E-state index contributed by atoms with van der Waals surface area (Å²) < 4.78 is 30.3. The highest BCUT2D eigenvalue weighted by Gasteiger charge is 2.22. The van der Waals surface area contributed by atoms with Crippen molar-refractivity contribution in [1.82, 2.24) is 19.8 Å². The quantitative estimate of drug-likeness (QED) is 0.458. The normalized spacial score (nSPS) is 14.2. The third-order valence-corrected chi connectivity index (χ3v) is 5.66. The molecular formula is C23H20F2N6O. The number of ketones is 1. The van der Waals surface area contributed by atoms with Crippen molar-refractivity contribution in [1.29, 1.82) is 0 Å². The molecule has 0 aliphatic carbocycles. The molecule has 1 fully saturated rings. The smallest absolute Gasteiger partial charge is 0.188 e. The molecule has 1 saturated heterocycles. The molecule has 0 bridgehead atoms. The van der Waals surface area contributed by atoms with Crippen LogP contribution in [-0.2, 0) is 0 Å². The molecule has 5 rings (SSSR count). The summed E-state index contributed by atoms with van der Waals surface area (Å²) >= 11 is 0. The number of hydrogen-bond donors (Lipinski definition) is 0. The Hall–Kier alpha value is -3.88. The summed E-state index contributed by atoms with van der Waals surface area (Å²) in [5.41, 5.74) is 1.71. The predicted octanol–water partition coefficient (Wildman–Crippen LogP) is 3.60. The van der Waals surface area contributed by atoms with Gasteiger partial charge in [0.05, 0.1) is 11.3 Å². The number of aromatic nitrogens is 4. The molecule has 162 valence electrons. The fourth-order valence-corrected chi connectivity index (χ4v) is 3.92. The third kappa shape index (κ3) is 3.55. The lowest BCUT2D eigenvalue weighted by atomic mass is 10.1. The Morgan fingerprint density at radius 1 is 0.875 bits per heavy atom. The van der Waals surface area contributed by atoms with Gasteiger partial charge in [0.1, 0.15) is 17.5 Å². The van der Waals surface area contributed by atoms with Gasteiger partial charge in [-0.25, -0.2) is 8.78 Å². The van der Waals surface area contributed by atoms with Crippen LogP contribution >= 0.6 is 0 Å². The average Bonchev–Trinajstić information content (AvgIpc) is 3.22. The highest BCUT2D eigenvalue weighted by atomic mass is 19.1. The van der Waals surface area contributed by atoms with Crippen molar-refractivity contribution in [2.45, 2.75) is 6.92 Å². The lowest BCUT2D eigenvalue weighted by Gasteiger charge is -2.36. The van der Waals surface area contributed by atoms with E-state index in [0.29, 0.717) is 60.3 Å². The standard InChI is InChI=1S/C23H20F2N6O/c1-15(32)16-6-7-20(19(25)14-16)29-10-12-30(13-11-29)22-9-8-21-26-27-23(31(21)28-22)17-4-2-3-5-18(17)24/h2-9,14H,10-13H2,1H3. The molecule has 4 aromatic rings. The van der Waals surface area contributed by atoms with Crippen molar-refractivity contribution in [2.24, 2.45) is 0 Å². The van der Waals surface area contributed by atoms with Crippen LogP contribution < -0.4 is 9.80 Å². The maximum Gasteiger partial charge on any atom is 0.188 e. The number of Topliss-reactive ketones (excluding diaryl/α,β-unsaturated/α-hetero) is 1. The molecule has 7 nitrogen and oxygen atoms in total. The van der Waals surface area contributed by atoms with E-state index in [-0.39, 0.29) is 11.6 Å². The van der Waals surface area contributed by atoms with Gasteiger partial charge < -0.3 is 9.80 Å². The second-order valence-corrected chi connectivity index (χ2v) is 7.66. The molecule has 1 aliphatic heterocycles. The SMILES string of the molecule is CC(=O)c1ccc(N2CCN(c3ccc4nnc(-c5ccccc5F)n4n3)CC2)c(F)c1. The lowest BCUT2D eigenvalue weighted by Crippen LogP contribution is -2.47. The zero-order chi connectivity index (χ0) is 22.2. The third-order valence-electron chi connectivity index (χ3n) is 5.66. The zero-order valence-electron chi connectivity index (χ0n) is 17.4. The van der Waals surface area contributed by atoms with Crippen molar-refractivity contribution >= 4 is 22.9 Å². The maximum absolute atomic E-state index is 14.5. The summed E-state index contributed by atoms with van der Waals surface area (Å²) in [6.07, 6.45) is 0. The number of hydrogen-bond acceptors (Lipinski definition) is 6. The first-order valence-corrected chi connectivity index (χ1v) is 10.3. The molecule has 0 radical (unpaired) electrons. The first-order chi connectivity index (χ1) is 15.5. The summed E-state index contributed by atoms with van der Waals surface area (Å²) in [7, 11) is 0. The zero-order valence-corrected chi connectivity index (χ0v) is 17.4. The summed E-state index contributed by atoms with van der Waals surface area (Å²) in [6.45, 7) is 3.87. The lowest BCUT2D eigenvalue weighted by molar-refractivity contribution is 0.101. The van der Waals surface area contributed by atoms with Gasteiger partial charge in [-0.1, -0.05) is 12.1 Å². The molecule has 1 aliphatic rings. The van der Waals surface area contributed by atoms with Gasteiger partial charge in [-0.3, -0.25) is 4.79 Å². The van der Waals surface area contributed by atoms with E-state index in [4.69, 9.17) is 0 Å². The van der Waals surface area contributed by atoms with Crippen molar-refractivity contribution < 1.29 is 13.6 Å². The molecule has 0 N–H and O–H groups in total. The van der Waals surface area contributed by atoms with Gasteiger partial charge in [-0.15, -0.1) is 15.3 Å². The fraction of sp³-hybridized carbons (Fsp3) is 0.217. The molecule has 0 unspecified atom stereocenters. The van der Waals surface area contributed by atoms with Crippen LogP contribution in [0.1, 0.15) is 17.3 Å². The minimum Gasteiger partial charge on any atom is -0.366 e. The summed E-state index contributed by atoms with van der Waals surface area (Å²) in [4.78, 5) is 15.5. The van der Waals surface area contributed by atoms with Gasteiger partial charge in [0.15, 0.2) is 17.3 Å². The van der Waals surface area contributed by atoms with E-state index in [9.17, 15) is 13.6 Å². The second-order valence-electron chi connectivity index (χ2n) is 7.66. The number of piperazine rings is 1. The van der Waals surface area contributed by atoms with E-state index in [1.807, 2.05) is 11.0 Å². The van der Waals surface area contributed by atoms with Gasteiger partial charge in [-0.2, -0.15) is 4.52 Å². The van der Waals surface area contributed by atoms with Gasteiger partial charge >= 0.3 is 0 Å². The fourth-order valence-electron chi connectivity index (χ4n) is 3.92. The maximum atomic E-state index is 14.5. The highest BCUT2D eigenvalue weighted by Crippen LogP contribution is 2.25. The van der Waals surface area contributed by atoms with Gasteiger partial charge in [0.2, 0.25) is 0 Å². The van der Waals surface area contributed by atoms with Crippen LogP contribution in [0, 0.1) is 11.6 Å². The summed E-state index contributed by atoms with van der Waals surface area (Å²) in [5.74, 6) is 0.101. The Morgan fingerprint density at radius 3 is 2.34 bits per heavy atom. The van der Waals surface area contributed by atoms with E-state index in [1.165, 1.54) is 19.1 Å². The molecule has 0 amide bonds. The van der Waals surface area contributed by atoms with E-state index in [2.05, 4.69) is 20.2 Å². The Balaban J connectivity index is 1.37. The van der Waals surface area contributed by atoms with Gasteiger partial charge in [0.25, 0.3) is 0 Å². The van der Waals surface area contributed by atoms with Gasteiger partial charge in [0, 0.05) is 31.7 Å². The van der Waals surface area contributed by atoms with Gasteiger partial charge in [-0.05, 0) is 49.4 Å². The first-order valence-electron chi connectivity index (χ1n) is 10.3. The van der Waals surface area contributed by atoms with Crippen LogP contribution in [0.25, 0.3) is 17.0 Å². The number of nitrogens with zero attached hydrogens (tertiary/aromatic N) is 6. The molecule has 2 aromatic carbocycles. The number of benzene rings is 2. The molecule has 9 heteroatoms. The average molecular weight is 434 g/mol. The van der Waals surface area contributed by atoms with E-state index in [1.54, 1.807) is 40.9 Å². The van der Waals surface area contributed by atoms with Crippen molar-refractivity contribution in [3.8, 4) is 11.4 Å². The summed E-state index contributed by atoms with van der Waals surface area (Å²) in [6, 6.07) is 14.6. The minimum absolute atomic E-state index is 0.162. The summed E-state index contributed by atoms with van der Waals surface area (Å²) in [5, 5.41) is 12.8. The monoisotopic (exact) mass is 434 g/mol. The Labute approximate surface area is 182 Å². The molecular weight excluding hydrogens is 414 g/mol. The number of carbonyl (C=O) groups is 1. The number of fused-ring (bicyclic) bond motifs is 1. The van der Waals surface area contributed by atoms with Crippen LogP contribution in [0.4, 0.5) is 20.3 Å². The van der Waals surface area contributed by atoms with E-state index < -0.39 is 5.82 Å². The van der Waals surface area contributed by atoms with Crippen molar-refractivity contribution in [3.63, 3.8) is 0 Å². The topological polar surface area (TPSA) is 66.6 Å². The van der Waals surface area contributed by atoms with Crippen LogP contribution in [0.2, 0.25) is 0 Å². The first kappa shape index (κ1) is 20.0. The Bertz CT molecular complexity index is 1310. The number of rotatable bonds is 4. The number of halogens is 2. The van der Waals surface area contributed by atoms with Crippen molar-refractivity contribution in [3.05, 3.63) is 71.8 Å². The van der Waals surface area contributed by atoms with E-state index >= 15 is 0 Å². The molecule has 32 heavy (non-hydrogen) atoms. The molecule has 0 atom stereocenters. The Kier molecular flexibility index (Phi) is 5.01. The second kappa shape index (κ2) is 7.99. The predicted molar refractivity (Wildman–Crippen MR) is 117 cm³/mol. The number of anilines is 2.